The molecule has 2 fully saturated rings. The fourth-order valence-corrected chi connectivity index (χ4v) is 4.73. The van der Waals surface area contributed by atoms with Gasteiger partial charge in [0.15, 0.2) is 0 Å². The predicted octanol–water partition coefficient (Wildman–Crippen LogP) is 3.22. The van der Waals surface area contributed by atoms with Gasteiger partial charge in [-0.05, 0) is 50.3 Å². The number of rotatable bonds is 6. The van der Waals surface area contributed by atoms with Crippen molar-refractivity contribution in [2.24, 2.45) is 11.8 Å². The molecule has 0 radical (unpaired) electrons. The number of carbonyl (C=O) groups is 2. The number of hydrogen-bond acceptors (Lipinski definition) is 3. The highest BCUT2D eigenvalue weighted by Gasteiger charge is 2.29. The molecule has 0 aromatic heterocycles. The molecular formula is C23H35N3O2. The van der Waals surface area contributed by atoms with Gasteiger partial charge in [0.1, 0.15) is 0 Å². The first-order valence-corrected chi connectivity index (χ1v) is 10.8. The zero-order valence-corrected chi connectivity index (χ0v) is 17.4. The molecule has 28 heavy (non-hydrogen) atoms. The Kier molecular flexibility index (Phi) is 7.49. The number of likely N-dealkylation sites (tertiary alicyclic amines) is 1. The van der Waals surface area contributed by atoms with E-state index < -0.39 is 0 Å². The Morgan fingerprint density at radius 2 is 1.68 bits per heavy atom. The topological polar surface area (TPSA) is 52.7 Å². The number of benzene rings is 1. The summed E-state index contributed by atoms with van der Waals surface area (Å²) in [4.78, 5) is 28.8. The number of piperidine rings is 1. The van der Waals surface area contributed by atoms with Gasteiger partial charge in [-0.2, -0.15) is 0 Å². The van der Waals surface area contributed by atoms with Gasteiger partial charge in [0.25, 0.3) is 0 Å². The maximum atomic E-state index is 12.8. The van der Waals surface area contributed by atoms with E-state index in [0.717, 1.165) is 25.9 Å². The van der Waals surface area contributed by atoms with Gasteiger partial charge < -0.3 is 10.2 Å². The van der Waals surface area contributed by atoms with E-state index in [1.165, 1.54) is 37.7 Å². The van der Waals surface area contributed by atoms with Crippen molar-refractivity contribution in [1.82, 2.24) is 15.1 Å². The Balaban J connectivity index is 1.55. The van der Waals surface area contributed by atoms with E-state index in [1.54, 1.807) is 4.90 Å². The molecule has 3 rings (SSSR count). The number of carbonyl (C=O) groups excluding carboxylic acids is 2. The zero-order valence-electron chi connectivity index (χ0n) is 17.4. The molecule has 1 heterocycles. The van der Waals surface area contributed by atoms with E-state index in [4.69, 9.17) is 0 Å². The van der Waals surface area contributed by atoms with E-state index in [9.17, 15) is 9.59 Å². The fourth-order valence-electron chi connectivity index (χ4n) is 4.73. The van der Waals surface area contributed by atoms with Gasteiger partial charge in [0.2, 0.25) is 11.8 Å². The monoisotopic (exact) mass is 385 g/mol. The summed E-state index contributed by atoms with van der Waals surface area (Å²) < 4.78 is 0. The average molecular weight is 386 g/mol. The van der Waals surface area contributed by atoms with Crippen LogP contribution in [0, 0.1) is 11.8 Å². The Bertz CT molecular complexity index is 633. The van der Waals surface area contributed by atoms with Crippen LogP contribution in [0.5, 0.6) is 0 Å². The van der Waals surface area contributed by atoms with Crippen LogP contribution in [-0.2, 0) is 9.59 Å². The van der Waals surface area contributed by atoms with Crippen molar-refractivity contribution < 1.29 is 9.59 Å². The molecule has 154 valence electrons. The number of hydrogen-bond donors (Lipinski definition) is 1. The van der Waals surface area contributed by atoms with Crippen LogP contribution >= 0.6 is 0 Å². The fraction of sp³-hybridized carbons (Fsp3) is 0.652. The minimum absolute atomic E-state index is 0.105. The van der Waals surface area contributed by atoms with Gasteiger partial charge in [0, 0.05) is 20.0 Å². The van der Waals surface area contributed by atoms with E-state index in [2.05, 4.69) is 34.5 Å². The lowest BCUT2D eigenvalue weighted by Gasteiger charge is -2.34. The maximum absolute atomic E-state index is 12.8. The highest BCUT2D eigenvalue weighted by molar-refractivity contribution is 5.79. The highest BCUT2D eigenvalue weighted by Crippen LogP contribution is 2.34. The van der Waals surface area contributed by atoms with Gasteiger partial charge in [-0.15, -0.1) is 0 Å². The van der Waals surface area contributed by atoms with Crippen LogP contribution in [0.15, 0.2) is 30.3 Å². The molecule has 5 heteroatoms. The molecule has 0 spiro atoms. The summed E-state index contributed by atoms with van der Waals surface area (Å²) in [6.07, 6.45) is 7.90. The molecule has 1 N–H and O–H groups in total. The first-order chi connectivity index (χ1) is 13.5. The predicted molar refractivity (Wildman–Crippen MR) is 112 cm³/mol. The Hall–Kier alpha value is -1.88. The first kappa shape index (κ1) is 20.8. The summed E-state index contributed by atoms with van der Waals surface area (Å²) in [6, 6.07) is 10.5. The molecule has 0 bridgehead atoms. The van der Waals surface area contributed by atoms with Crippen LogP contribution in [0.1, 0.15) is 56.6 Å². The average Bonchev–Trinajstić information content (AvgIpc) is 2.73. The van der Waals surface area contributed by atoms with Crippen molar-refractivity contribution in [2.75, 3.05) is 33.7 Å². The molecule has 1 aromatic carbocycles. The third-order valence-electron chi connectivity index (χ3n) is 6.34. The minimum Gasteiger partial charge on any atom is -0.349 e. The molecule has 1 aliphatic heterocycles. The second-order valence-electron chi connectivity index (χ2n) is 8.64. The van der Waals surface area contributed by atoms with Crippen molar-refractivity contribution in [3.8, 4) is 0 Å². The summed E-state index contributed by atoms with van der Waals surface area (Å²) >= 11 is 0. The van der Waals surface area contributed by atoms with Crippen molar-refractivity contribution >= 4 is 11.8 Å². The largest absolute Gasteiger partial charge is 0.349 e. The standard InChI is InChI=1S/C23H35N3O2/c1-25(2)23(28)20-13-15-26(16-14-20)17-21(27)24-22(18-9-5-3-6-10-18)19-11-7-4-8-12-19/h3,5-6,9-10,19-20,22H,4,7-8,11-17H2,1-2H3,(H,24,27). The van der Waals surface area contributed by atoms with Crippen LogP contribution < -0.4 is 5.32 Å². The second-order valence-corrected chi connectivity index (χ2v) is 8.64. The van der Waals surface area contributed by atoms with Crippen molar-refractivity contribution in [3.05, 3.63) is 35.9 Å². The zero-order chi connectivity index (χ0) is 19.9. The van der Waals surface area contributed by atoms with Gasteiger partial charge in [-0.1, -0.05) is 49.6 Å². The van der Waals surface area contributed by atoms with Gasteiger partial charge >= 0.3 is 0 Å². The Morgan fingerprint density at radius 1 is 1.04 bits per heavy atom. The molecule has 5 nitrogen and oxygen atoms in total. The minimum atomic E-state index is 0.105. The van der Waals surface area contributed by atoms with Crippen molar-refractivity contribution in [2.45, 2.75) is 51.0 Å². The van der Waals surface area contributed by atoms with Gasteiger partial charge in [0.05, 0.1) is 12.6 Å². The van der Waals surface area contributed by atoms with E-state index in [-0.39, 0.29) is 23.8 Å². The number of nitrogens with one attached hydrogen (secondary N) is 1. The van der Waals surface area contributed by atoms with Crippen LogP contribution in [0.3, 0.4) is 0 Å². The van der Waals surface area contributed by atoms with Crippen molar-refractivity contribution in [1.29, 1.82) is 0 Å². The summed E-state index contributed by atoms with van der Waals surface area (Å²) in [7, 11) is 3.63. The lowest BCUT2D eigenvalue weighted by atomic mass is 9.81. The Morgan fingerprint density at radius 3 is 2.29 bits per heavy atom. The smallest absolute Gasteiger partial charge is 0.234 e. The molecule has 1 atom stereocenters. The Labute approximate surface area is 169 Å². The van der Waals surface area contributed by atoms with E-state index in [1.807, 2.05) is 20.2 Å². The van der Waals surface area contributed by atoms with Crippen LogP contribution in [-0.4, -0.2) is 55.3 Å². The molecule has 1 saturated carbocycles. The highest BCUT2D eigenvalue weighted by atomic mass is 16.2. The quantitative estimate of drug-likeness (QED) is 0.818. The van der Waals surface area contributed by atoms with Crippen LogP contribution in [0.25, 0.3) is 0 Å². The van der Waals surface area contributed by atoms with Gasteiger partial charge in [-0.25, -0.2) is 0 Å². The normalized spacial score (nSPS) is 20.5. The van der Waals surface area contributed by atoms with Crippen LogP contribution in [0.2, 0.25) is 0 Å². The number of nitrogens with zero attached hydrogens (tertiary/aromatic N) is 2. The molecule has 1 aromatic rings. The first-order valence-electron chi connectivity index (χ1n) is 10.8. The molecule has 2 amide bonds. The lowest BCUT2D eigenvalue weighted by molar-refractivity contribution is -0.134. The third kappa shape index (κ3) is 5.57. The second kappa shape index (κ2) is 10.1. The third-order valence-corrected chi connectivity index (χ3v) is 6.34. The van der Waals surface area contributed by atoms with Crippen molar-refractivity contribution in [3.63, 3.8) is 0 Å². The summed E-state index contributed by atoms with van der Waals surface area (Å²) in [5.41, 5.74) is 1.22. The van der Waals surface area contributed by atoms with Gasteiger partial charge in [-0.3, -0.25) is 14.5 Å². The molecule has 1 unspecified atom stereocenters. The summed E-state index contributed by atoms with van der Waals surface area (Å²) in [6.45, 7) is 2.06. The number of amides is 2. The SMILES string of the molecule is CN(C)C(=O)C1CCN(CC(=O)NC(c2ccccc2)C2CCCCC2)CC1. The molecule has 1 aliphatic carbocycles. The van der Waals surface area contributed by atoms with E-state index >= 15 is 0 Å². The lowest BCUT2D eigenvalue weighted by Crippen LogP contribution is -2.45. The molecular weight excluding hydrogens is 350 g/mol. The summed E-state index contributed by atoms with van der Waals surface area (Å²) in [5, 5.41) is 3.35. The summed E-state index contributed by atoms with van der Waals surface area (Å²) in [5.74, 6) is 0.958. The van der Waals surface area contributed by atoms with Crippen LogP contribution in [0.4, 0.5) is 0 Å². The molecule has 1 saturated heterocycles. The maximum Gasteiger partial charge on any atom is 0.234 e. The van der Waals surface area contributed by atoms with E-state index in [0.29, 0.717) is 12.5 Å². The molecule has 2 aliphatic rings.